The third-order valence-electron chi connectivity index (χ3n) is 2.19. The largest absolute Gasteiger partial charge is 0.869 e. The van der Waals surface area contributed by atoms with E-state index in [0.717, 1.165) is 4.90 Å². The Morgan fingerprint density at radius 2 is 1.75 bits per heavy atom. The van der Waals surface area contributed by atoms with Crippen LogP contribution in [0.2, 0.25) is 0 Å². The van der Waals surface area contributed by atoms with E-state index in [4.69, 9.17) is 0 Å². The molecule has 1 heterocycles. The molecule has 0 aromatic heterocycles. The highest BCUT2D eigenvalue weighted by atomic mass is 32.2. The summed E-state index contributed by atoms with van der Waals surface area (Å²) in [4.78, 5) is 1.06. The maximum atomic E-state index is 11.4. The van der Waals surface area contributed by atoms with Gasteiger partial charge in [0.1, 0.15) is 16.4 Å². The van der Waals surface area contributed by atoms with Gasteiger partial charge < -0.3 is 5.11 Å². The highest BCUT2D eigenvalue weighted by Gasteiger charge is 2.26. The minimum absolute atomic E-state index is 0.239. The molecular formula is C10H12OS. The first-order valence-corrected chi connectivity index (χ1v) is 5.88. The van der Waals surface area contributed by atoms with E-state index < -0.39 is 0 Å². The Morgan fingerprint density at radius 3 is 2.42 bits per heavy atom. The quantitative estimate of drug-likeness (QED) is 0.601. The average molecular weight is 180 g/mol. The molecule has 1 saturated heterocycles. The molecule has 0 spiro atoms. The number of benzene rings is 1. The molecular weight excluding hydrogens is 168 g/mol. The lowest BCUT2D eigenvalue weighted by Gasteiger charge is -2.09. The summed E-state index contributed by atoms with van der Waals surface area (Å²) in [5, 5.41) is 11.4. The van der Waals surface area contributed by atoms with Crippen molar-refractivity contribution in [2.75, 3.05) is 11.5 Å². The van der Waals surface area contributed by atoms with Gasteiger partial charge in [0, 0.05) is 10.9 Å². The van der Waals surface area contributed by atoms with Crippen LogP contribution in [0.15, 0.2) is 29.2 Å². The Bertz CT molecular complexity index is 266. The first kappa shape index (κ1) is 7.99. The minimum Gasteiger partial charge on any atom is -0.869 e. The predicted octanol–water partition coefficient (Wildman–Crippen LogP) is 1.53. The standard InChI is InChI=1S/C10H12OS/c11-9-5-1-2-6-10(9)12-7-3-4-8-12/h1-2,5-6H,3-4,7-8H2. The smallest absolute Gasteiger partial charge is 0.147 e. The molecule has 0 unspecified atom stereocenters. The summed E-state index contributed by atoms with van der Waals surface area (Å²) in [5.74, 6) is 2.71. The molecule has 0 saturated carbocycles. The highest BCUT2D eigenvalue weighted by Crippen LogP contribution is 2.27. The monoisotopic (exact) mass is 180 g/mol. The fourth-order valence-electron chi connectivity index (χ4n) is 1.56. The van der Waals surface area contributed by atoms with E-state index in [9.17, 15) is 5.11 Å². The second-order valence-electron chi connectivity index (χ2n) is 3.05. The van der Waals surface area contributed by atoms with Gasteiger partial charge in [-0.1, -0.05) is 23.9 Å². The molecule has 0 bridgehead atoms. The Hall–Kier alpha value is -0.630. The van der Waals surface area contributed by atoms with Crippen LogP contribution in [-0.2, 0) is 10.9 Å². The van der Waals surface area contributed by atoms with Gasteiger partial charge in [0.25, 0.3) is 0 Å². The van der Waals surface area contributed by atoms with Gasteiger partial charge in [-0.25, -0.2) is 0 Å². The van der Waals surface area contributed by atoms with Crippen molar-refractivity contribution in [3.05, 3.63) is 24.3 Å². The van der Waals surface area contributed by atoms with Crippen LogP contribution in [-0.4, -0.2) is 11.5 Å². The van der Waals surface area contributed by atoms with E-state index in [0.29, 0.717) is 0 Å². The second-order valence-corrected chi connectivity index (χ2v) is 5.30. The molecule has 1 aromatic rings. The van der Waals surface area contributed by atoms with E-state index in [1.165, 1.54) is 24.3 Å². The summed E-state index contributed by atoms with van der Waals surface area (Å²) in [6.07, 6.45) is 2.61. The van der Waals surface area contributed by atoms with Gasteiger partial charge in [0.2, 0.25) is 0 Å². The number of hydrogen-bond acceptors (Lipinski definition) is 1. The van der Waals surface area contributed by atoms with E-state index in [-0.39, 0.29) is 16.6 Å². The zero-order valence-corrected chi connectivity index (χ0v) is 7.77. The molecule has 0 aliphatic carbocycles. The first-order chi connectivity index (χ1) is 5.88. The Balaban J connectivity index is 2.26. The summed E-state index contributed by atoms with van der Waals surface area (Å²) in [7, 11) is 0.285. The molecule has 2 rings (SSSR count). The number of para-hydroxylation sites is 1. The zero-order valence-electron chi connectivity index (χ0n) is 6.95. The first-order valence-electron chi connectivity index (χ1n) is 4.31. The van der Waals surface area contributed by atoms with Gasteiger partial charge in [-0.15, -0.1) is 0 Å². The van der Waals surface area contributed by atoms with Gasteiger partial charge >= 0.3 is 0 Å². The van der Waals surface area contributed by atoms with Gasteiger partial charge in [0.15, 0.2) is 0 Å². The van der Waals surface area contributed by atoms with Crippen LogP contribution < -0.4 is 5.11 Å². The SMILES string of the molecule is [O-]c1ccccc1[S+]1CCCC1. The molecule has 12 heavy (non-hydrogen) atoms. The molecule has 0 atom stereocenters. The van der Waals surface area contributed by atoms with Crippen molar-refractivity contribution in [3.63, 3.8) is 0 Å². The third-order valence-corrected chi connectivity index (χ3v) is 4.71. The van der Waals surface area contributed by atoms with Crippen molar-refractivity contribution in [1.29, 1.82) is 0 Å². The van der Waals surface area contributed by atoms with Crippen molar-refractivity contribution >= 4 is 10.9 Å². The summed E-state index contributed by atoms with van der Waals surface area (Å²) < 4.78 is 0. The molecule has 0 N–H and O–H groups in total. The molecule has 1 nitrogen and oxygen atoms in total. The van der Waals surface area contributed by atoms with Crippen LogP contribution in [0.4, 0.5) is 0 Å². The van der Waals surface area contributed by atoms with Crippen molar-refractivity contribution in [2.24, 2.45) is 0 Å². The minimum atomic E-state index is 0.239. The lowest BCUT2D eigenvalue weighted by atomic mass is 10.3. The molecule has 1 aliphatic rings. The van der Waals surface area contributed by atoms with Crippen LogP contribution >= 0.6 is 0 Å². The summed E-state index contributed by atoms with van der Waals surface area (Å²) in [5.41, 5.74) is 0. The fraction of sp³-hybridized carbons (Fsp3) is 0.400. The predicted molar refractivity (Wildman–Crippen MR) is 50.5 cm³/mol. The lowest BCUT2D eigenvalue weighted by molar-refractivity contribution is -0.272. The molecule has 64 valence electrons. The maximum Gasteiger partial charge on any atom is 0.147 e. The van der Waals surface area contributed by atoms with Crippen LogP contribution in [0.3, 0.4) is 0 Å². The Kier molecular flexibility index (Phi) is 2.26. The molecule has 0 radical (unpaired) electrons. The van der Waals surface area contributed by atoms with Crippen molar-refractivity contribution < 1.29 is 5.11 Å². The van der Waals surface area contributed by atoms with Gasteiger partial charge in [-0.3, -0.25) is 0 Å². The molecule has 0 amide bonds. The molecule has 2 heteroatoms. The fourth-order valence-corrected chi connectivity index (χ4v) is 3.94. The summed E-state index contributed by atoms with van der Waals surface area (Å²) in [6.45, 7) is 0. The highest BCUT2D eigenvalue weighted by molar-refractivity contribution is 7.97. The van der Waals surface area contributed by atoms with Crippen LogP contribution in [0.25, 0.3) is 0 Å². The van der Waals surface area contributed by atoms with E-state index >= 15 is 0 Å². The van der Waals surface area contributed by atoms with Crippen molar-refractivity contribution in [2.45, 2.75) is 17.7 Å². The molecule has 1 fully saturated rings. The Morgan fingerprint density at radius 1 is 1.08 bits per heavy atom. The summed E-state index contributed by atoms with van der Waals surface area (Å²) in [6, 6.07) is 7.48. The van der Waals surface area contributed by atoms with Gasteiger partial charge in [-0.05, 0) is 18.9 Å². The van der Waals surface area contributed by atoms with E-state index in [1.54, 1.807) is 6.07 Å². The van der Waals surface area contributed by atoms with Crippen LogP contribution in [0.1, 0.15) is 12.8 Å². The van der Waals surface area contributed by atoms with Crippen molar-refractivity contribution in [3.8, 4) is 5.75 Å². The topological polar surface area (TPSA) is 23.1 Å². The molecule has 1 aliphatic heterocycles. The van der Waals surface area contributed by atoms with Crippen LogP contribution in [0.5, 0.6) is 5.75 Å². The van der Waals surface area contributed by atoms with E-state index in [2.05, 4.69) is 0 Å². The zero-order chi connectivity index (χ0) is 8.39. The third kappa shape index (κ3) is 1.44. The normalized spacial score (nSPS) is 18.3. The van der Waals surface area contributed by atoms with Crippen molar-refractivity contribution in [1.82, 2.24) is 0 Å². The number of rotatable bonds is 1. The average Bonchev–Trinajstić information content (AvgIpc) is 2.57. The van der Waals surface area contributed by atoms with E-state index in [1.807, 2.05) is 18.2 Å². The lowest BCUT2D eigenvalue weighted by Crippen LogP contribution is -2.07. The maximum absolute atomic E-state index is 11.4. The van der Waals surface area contributed by atoms with Crippen LogP contribution in [0, 0.1) is 0 Å². The van der Waals surface area contributed by atoms with Gasteiger partial charge in [0.05, 0.1) is 0 Å². The van der Waals surface area contributed by atoms with Gasteiger partial charge in [-0.2, -0.15) is 0 Å². The Labute approximate surface area is 75.8 Å². The number of hydrogen-bond donors (Lipinski definition) is 0. The molecule has 1 aromatic carbocycles. The second kappa shape index (κ2) is 3.40. The summed E-state index contributed by atoms with van der Waals surface area (Å²) >= 11 is 0.